The Hall–Kier alpha value is -2.72. The van der Waals surface area contributed by atoms with E-state index in [9.17, 15) is 14.4 Å². The van der Waals surface area contributed by atoms with Crippen LogP contribution in [0, 0.1) is 11.3 Å². The Morgan fingerprint density at radius 2 is 1.76 bits per heavy atom. The van der Waals surface area contributed by atoms with Gasteiger partial charge in [0.1, 0.15) is 12.3 Å². The van der Waals surface area contributed by atoms with Crippen LogP contribution in [-0.2, 0) is 14.3 Å². The molecule has 1 aliphatic carbocycles. The average molecular weight is 584 g/mol. The summed E-state index contributed by atoms with van der Waals surface area (Å²) in [4.78, 5) is 51.2. The summed E-state index contributed by atoms with van der Waals surface area (Å²) in [6.45, 7) is 10.7. The van der Waals surface area contributed by atoms with Gasteiger partial charge in [-0.1, -0.05) is 39.7 Å². The van der Waals surface area contributed by atoms with Crippen molar-refractivity contribution in [2.45, 2.75) is 90.3 Å². The van der Waals surface area contributed by atoms with Crippen LogP contribution in [0.25, 0.3) is 0 Å². The van der Waals surface area contributed by atoms with E-state index in [1.54, 1.807) is 18.2 Å². The molecule has 10 nitrogen and oxygen atoms in total. The summed E-state index contributed by atoms with van der Waals surface area (Å²) in [5.74, 6) is 0.824. The van der Waals surface area contributed by atoms with Crippen molar-refractivity contribution in [3.63, 3.8) is 0 Å². The largest absolute Gasteiger partial charge is 0.475 e. The lowest BCUT2D eigenvalue weighted by atomic mass is 9.90. The molecule has 6 bridgehead atoms. The van der Waals surface area contributed by atoms with E-state index in [1.807, 2.05) is 9.80 Å². The summed E-state index contributed by atoms with van der Waals surface area (Å²) < 4.78 is 11.6. The second kappa shape index (κ2) is 13.7. The fraction of sp³-hybridized carbons (Fsp3) is 0.750. The smallest absolute Gasteiger partial charge is 0.270 e. The maximum absolute atomic E-state index is 14.0. The highest BCUT2D eigenvalue weighted by atomic mass is 16.5. The quantitative estimate of drug-likeness (QED) is 0.534. The fourth-order valence-electron chi connectivity index (χ4n) is 6.95. The molecule has 10 heteroatoms. The molecule has 1 aromatic rings. The first-order valence-electron chi connectivity index (χ1n) is 16.0. The predicted octanol–water partition coefficient (Wildman–Crippen LogP) is 3.11. The topological polar surface area (TPSA) is 104 Å². The molecular formula is C32H49N5O5. The number of hydrogen-bond donors (Lipinski definition) is 1. The Balaban J connectivity index is 1.33. The van der Waals surface area contributed by atoms with Gasteiger partial charge in [0, 0.05) is 57.3 Å². The first-order chi connectivity index (χ1) is 20.2. The van der Waals surface area contributed by atoms with Gasteiger partial charge < -0.3 is 24.6 Å². The van der Waals surface area contributed by atoms with E-state index in [2.05, 4.69) is 36.0 Å². The van der Waals surface area contributed by atoms with Crippen LogP contribution in [0.4, 0.5) is 0 Å². The van der Waals surface area contributed by atoms with Crippen LogP contribution < -0.4 is 10.1 Å². The number of likely N-dealkylation sites (tertiary alicyclic amines) is 1. The molecule has 0 radical (unpaired) electrons. The maximum atomic E-state index is 14.0. The zero-order valence-corrected chi connectivity index (χ0v) is 25.7. The normalized spacial score (nSPS) is 27.5. The molecule has 5 aliphatic rings. The molecule has 1 saturated carbocycles. The van der Waals surface area contributed by atoms with E-state index in [0.29, 0.717) is 88.9 Å². The van der Waals surface area contributed by atoms with Crippen LogP contribution >= 0.6 is 0 Å². The SMILES string of the molecule is CC(C)(C)CC(=O)N1CCOCCOc2cccc(n2)C(=O)N[C@H]2C[C@@H](C(=O)N3CCC(CC3)C1)N(C1CCCC1)C2. The average Bonchev–Trinajstić information content (AvgIpc) is 3.63. The first-order valence-corrected chi connectivity index (χ1v) is 16.0. The minimum absolute atomic E-state index is 0.0916. The zero-order valence-electron chi connectivity index (χ0n) is 25.7. The highest BCUT2D eigenvalue weighted by Crippen LogP contribution is 2.32. The van der Waals surface area contributed by atoms with Gasteiger partial charge >= 0.3 is 0 Å². The van der Waals surface area contributed by atoms with Gasteiger partial charge in [0.2, 0.25) is 17.7 Å². The third kappa shape index (κ3) is 8.01. The fourth-order valence-corrected chi connectivity index (χ4v) is 6.95. The third-order valence-corrected chi connectivity index (χ3v) is 9.13. The summed E-state index contributed by atoms with van der Waals surface area (Å²) in [5.41, 5.74) is 0.211. The van der Waals surface area contributed by atoms with Crippen LogP contribution in [0.15, 0.2) is 18.2 Å². The van der Waals surface area contributed by atoms with Gasteiger partial charge in [0.15, 0.2) is 0 Å². The van der Waals surface area contributed by atoms with Crippen molar-refractivity contribution in [3.05, 3.63) is 23.9 Å². The second-order valence-electron chi connectivity index (χ2n) is 13.7. The van der Waals surface area contributed by atoms with Gasteiger partial charge in [-0.2, -0.15) is 0 Å². The molecule has 1 aromatic heterocycles. The molecular weight excluding hydrogens is 534 g/mol. The zero-order chi connectivity index (χ0) is 29.7. The van der Waals surface area contributed by atoms with Gasteiger partial charge in [-0.15, -0.1) is 0 Å². The summed E-state index contributed by atoms with van der Waals surface area (Å²) in [6, 6.07) is 5.25. The van der Waals surface area contributed by atoms with Crippen LogP contribution in [0.2, 0.25) is 0 Å². The van der Waals surface area contributed by atoms with Crippen LogP contribution in [0.3, 0.4) is 0 Å². The lowest BCUT2D eigenvalue weighted by Crippen LogP contribution is -2.51. The monoisotopic (exact) mass is 583 g/mol. The van der Waals surface area contributed by atoms with Crippen molar-refractivity contribution in [2.24, 2.45) is 11.3 Å². The maximum Gasteiger partial charge on any atom is 0.270 e. The van der Waals surface area contributed by atoms with Gasteiger partial charge in [-0.05, 0) is 49.5 Å². The molecule has 2 saturated heterocycles. The molecule has 0 spiro atoms. The summed E-state index contributed by atoms with van der Waals surface area (Å²) in [7, 11) is 0. The predicted molar refractivity (Wildman–Crippen MR) is 159 cm³/mol. The Morgan fingerprint density at radius 1 is 1.00 bits per heavy atom. The number of fused-ring (bicyclic) bond motifs is 10. The Bertz CT molecular complexity index is 1090. The molecule has 2 atom stereocenters. The number of nitrogens with zero attached hydrogens (tertiary/aromatic N) is 4. The molecule has 0 unspecified atom stereocenters. The van der Waals surface area contributed by atoms with Gasteiger partial charge in [0.05, 0.1) is 19.3 Å². The van der Waals surface area contributed by atoms with Crippen LogP contribution in [-0.4, -0.2) is 108 Å². The Morgan fingerprint density at radius 3 is 2.50 bits per heavy atom. The molecule has 42 heavy (non-hydrogen) atoms. The van der Waals surface area contributed by atoms with Crippen LogP contribution in [0.5, 0.6) is 5.88 Å². The summed E-state index contributed by atoms with van der Waals surface area (Å²) in [5, 5.41) is 3.16. The summed E-state index contributed by atoms with van der Waals surface area (Å²) in [6.07, 6.45) is 7.47. The standard InChI is InChI=1S/C32H49N5O5/c1-32(2,3)20-29(38)36-15-16-41-17-18-42-28-10-6-9-26(34-28)30(39)33-24-19-27(37(22-24)25-7-4-5-8-25)31(40)35-13-11-23(21-36)12-14-35/h6,9-10,23-25,27H,4-5,7-8,11-22H2,1-3H3,(H,33,39)/t24-,27-/m0/s1. The number of hydrogen-bond acceptors (Lipinski definition) is 7. The van der Waals surface area contributed by atoms with Crippen LogP contribution in [0.1, 0.15) is 82.6 Å². The van der Waals surface area contributed by atoms with Crippen molar-refractivity contribution >= 4 is 17.7 Å². The molecule has 232 valence electrons. The van der Waals surface area contributed by atoms with Gasteiger partial charge in [-0.3, -0.25) is 19.3 Å². The third-order valence-electron chi connectivity index (χ3n) is 9.13. The number of ether oxygens (including phenoxy) is 2. The van der Waals surface area contributed by atoms with Crippen molar-refractivity contribution in [1.29, 1.82) is 0 Å². The number of rotatable bonds is 2. The number of aromatic nitrogens is 1. The minimum Gasteiger partial charge on any atom is -0.475 e. The van der Waals surface area contributed by atoms with E-state index >= 15 is 0 Å². The number of pyridine rings is 1. The van der Waals surface area contributed by atoms with E-state index in [0.717, 1.165) is 25.7 Å². The second-order valence-corrected chi connectivity index (χ2v) is 13.7. The highest BCUT2D eigenvalue weighted by molar-refractivity contribution is 5.92. The molecule has 4 aliphatic heterocycles. The molecule has 1 N–H and O–H groups in total. The van der Waals surface area contributed by atoms with Crippen molar-refractivity contribution in [2.75, 3.05) is 52.5 Å². The van der Waals surface area contributed by atoms with Gasteiger partial charge in [0.25, 0.3) is 5.91 Å². The number of carbonyl (C=O) groups is 3. The Kier molecular flexibility index (Phi) is 10.0. The number of piperidine rings is 1. The Labute approximate surface area is 250 Å². The van der Waals surface area contributed by atoms with E-state index < -0.39 is 0 Å². The van der Waals surface area contributed by atoms with E-state index in [1.165, 1.54) is 12.8 Å². The minimum atomic E-state index is -0.243. The lowest BCUT2D eigenvalue weighted by Gasteiger charge is -2.38. The molecule has 0 aromatic carbocycles. The van der Waals surface area contributed by atoms with E-state index in [-0.39, 0.29) is 35.2 Å². The van der Waals surface area contributed by atoms with E-state index in [4.69, 9.17) is 9.47 Å². The lowest BCUT2D eigenvalue weighted by molar-refractivity contribution is -0.139. The number of carbonyl (C=O) groups excluding carboxylic acids is 3. The highest BCUT2D eigenvalue weighted by Gasteiger charge is 2.43. The van der Waals surface area contributed by atoms with Crippen molar-refractivity contribution in [3.8, 4) is 5.88 Å². The molecule has 3 fully saturated rings. The van der Waals surface area contributed by atoms with Crippen molar-refractivity contribution < 1.29 is 23.9 Å². The molecule has 6 rings (SSSR count). The first kappa shape index (κ1) is 30.7. The van der Waals surface area contributed by atoms with Gasteiger partial charge in [-0.25, -0.2) is 4.98 Å². The molecule has 5 heterocycles. The number of nitrogens with one attached hydrogen (secondary N) is 1. The number of amides is 3. The van der Waals surface area contributed by atoms with Crippen molar-refractivity contribution in [1.82, 2.24) is 25.0 Å². The summed E-state index contributed by atoms with van der Waals surface area (Å²) >= 11 is 0. The molecule has 3 amide bonds.